The van der Waals surface area contributed by atoms with E-state index in [1.165, 1.54) is 0 Å². The van der Waals surface area contributed by atoms with Crippen molar-refractivity contribution in [1.29, 1.82) is 0 Å². The number of aromatic hydroxyl groups is 1. The fourth-order valence-electron chi connectivity index (χ4n) is 2.23. The van der Waals surface area contributed by atoms with Crippen molar-refractivity contribution in [1.82, 2.24) is 10.0 Å². The highest BCUT2D eigenvalue weighted by Crippen LogP contribution is 2.21. The van der Waals surface area contributed by atoms with Crippen LogP contribution in [-0.4, -0.2) is 27.9 Å². The molecule has 2 rings (SSSR count). The highest BCUT2D eigenvalue weighted by molar-refractivity contribution is 5.74. The molecule has 3 N–H and O–H groups in total. The Morgan fingerprint density at radius 2 is 1.95 bits per heavy atom. The number of aromatic nitrogens is 1. The molecule has 0 unspecified atom stereocenters. The second kappa shape index (κ2) is 7.51. The third kappa shape index (κ3) is 4.02. The zero-order chi connectivity index (χ0) is 15.9. The predicted molar refractivity (Wildman–Crippen MR) is 81.0 cm³/mol. The average Bonchev–Trinajstić information content (AvgIpc) is 2.91. The van der Waals surface area contributed by atoms with E-state index in [0.29, 0.717) is 18.5 Å². The molecule has 0 saturated heterocycles. The molecule has 1 heterocycles. The Balaban J connectivity index is 1.92. The number of methoxy groups -OCH3 is 1. The molecular formula is C16H20N2O4. The van der Waals surface area contributed by atoms with Gasteiger partial charge in [0.1, 0.15) is 5.75 Å². The normalized spacial score (nSPS) is 10.5. The van der Waals surface area contributed by atoms with Gasteiger partial charge in [-0.3, -0.25) is 10.0 Å². The van der Waals surface area contributed by atoms with E-state index in [4.69, 9.17) is 9.94 Å². The number of ether oxygens (including phenoxy) is 1. The van der Waals surface area contributed by atoms with Gasteiger partial charge in [0.25, 0.3) is 0 Å². The summed E-state index contributed by atoms with van der Waals surface area (Å²) in [7, 11) is 1.63. The van der Waals surface area contributed by atoms with Crippen molar-refractivity contribution in [3.8, 4) is 11.6 Å². The van der Waals surface area contributed by atoms with Gasteiger partial charge in [-0.25, -0.2) is 5.48 Å². The summed E-state index contributed by atoms with van der Waals surface area (Å²) in [6.45, 7) is 0.643. The second-order valence-corrected chi connectivity index (χ2v) is 4.99. The maximum absolute atomic E-state index is 11.0. The van der Waals surface area contributed by atoms with Crippen LogP contribution in [0.15, 0.2) is 36.5 Å². The van der Waals surface area contributed by atoms with Gasteiger partial charge in [0.15, 0.2) is 5.88 Å². The van der Waals surface area contributed by atoms with Crippen molar-refractivity contribution in [2.24, 2.45) is 0 Å². The molecule has 0 saturated carbocycles. The summed E-state index contributed by atoms with van der Waals surface area (Å²) >= 11 is 0. The molecule has 0 atom stereocenters. The first-order valence-electron chi connectivity index (χ1n) is 7.07. The van der Waals surface area contributed by atoms with Crippen LogP contribution in [0.1, 0.15) is 17.5 Å². The molecule has 0 aliphatic heterocycles. The standard InChI is InChI=1S/C16H20N2O4/c1-22-14-5-2-12(3-6-14)8-10-18-11-9-13(16(18)20)4-7-15(19)17-21/h2-3,5-6,9,11,20-21H,4,7-8,10H2,1H3,(H,17,19). The number of rotatable bonds is 7. The molecule has 1 aromatic heterocycles. The largest absolute Gasteiger partial charge is 0.497 e. The predicted octanol–water partition coefficient (Wildman–Crippen LogP) is 1.88. The number of carbonyl (C=O) groups excluding carboxylic acids is 1. The maximum atomic E-state index is 11.0. The number of carbonyl (C=O) groups is 1. The number of amides is 1. The van der Waals surface area contributed by atoms with E-state index in [2.05, 4.69) is 0 Å². The Kier molecular flexibility index (Phi) is 5.43. The van der Waals surface area contributed by atoms with E-state index >= 15 is 0 Å². The maximum Gasteiger partial charge on any atom is 0.243 e. The number of hydrogen-bond donors (Lipinski definition) is 3. The van der Waals surface area contributed by atoms with Crippen LogP contribution in [0.4, 0.5) is 0 Å². The summed E-state index contributed by atoms with van der Waals surface area (Å²) in [4.78, 5) is 11.0. The van der Waals surface area contributed by atoms with E-state index in [9.17, 15) is 9.90 Å². The van der Waals surface area contributed by atoms with Crippen LogP contribution >= 0.6 is 0 Å². The minimum Gasteiger partial charge on any atom is -0.497 e. The van der Waals surface area contributed by atoms with Gasteiger partial charge in [-0.2, -0.15) is 0 Å². The van der Waals surface area contributed by atoms with E-state index in [0.717, 1.165) is 17.7 Å². The van der Waals surface area contributed by atoms with Crippen molar-refractivity contribution in [3.05, 3.63) is 47.7 Å². The molecule has 0 aliphatic rings. The fraction of sp³-hybridized carbons (Fsp3) is 0.312. The van der Waals surface area contributed by atoms with Crippen molar-refractivity contribution in [3.63, 3.8) is 0 Å². The van der Waals surface area contributed by atoms with Gasteiger partial charge in [0.05, 0.1) is 7.11 Å². The quantitative estimate of drug-likeness (QED) is 0.539. The second-order valence-electron chi connectivity index (χ2n) is 4.99. The number of nitrogens with one attached hydrogen (secondary N) is 1. The van der Waals surface area contributed by atoms with Crippen LogP contribution < -0.4 is 10.2 Å². The monoisotopic (exact) mass is 304 g/mol. The number of benzene rings is 1. The van der Waals surface area contributed by atoms with Crippen molar-refractivity contribution in [2.45, 2.75) is 25.8 Å². The first-order valence-corrected chi connectivity index (χ1v) is 7.07. The van der Waals surface area contributed by atoms with Crippen molar-refractivity contribution < 1.29 is 19.8 Å². The Morgan fingerprint density at radius 1 is 1.23 bits per heavy atom. The zero-order valence-corrected chi connectivity index (χ0v) is 12.5. The third-order valence-corrected chi connectivity index (χ3v) is 3.56. The van der Waals surface area contributed by atoms with Crippen LogP contribution in [0, 0.1) is 0 Å². The lowest BCUT2D eigenvalue weighted by atomic mass is 10.1. The smallest absolute Gasteiger partial charge is 0.243 e. The molecule has 6 heteroatoms. The van der Waals surface area contributed by atoms with Gasteiger partial charge < -0.3 is 14.4 Å². The molecule has 0 radical (unpaired) electrons. The van der Waals surface area contributed by atoms with Crippen LogP contribution in [-0.2, 0) is 24.2 Å². The summed E-state index contributed by atoms with van der Waals surface area (Å²) in [6.07, 6.45) is 3.09. The summed E-state index contributed by atoms with van der Waals surface area (Å²) in [5.41, 5.74) is 3.42. The number of aryl methyl sites for hydroxylation is 3. The molecule has 0 fully saturated rings. The lowest BCUT2D eigenvalue weighted by Crippen LogP contribution is -2.18. The highest BCUT2D eigenvalue weighted by Gasteiger charge is 2.09. The number of nitrogens with zero attached hydrogens (tertiary/aromatic N) is 1. The molecule has 0 aliphatic carbocycles. The first-order chi connectivity index (χ1) is 10.6. The minimum atomic E-state index is -0.467. The minimum absolute atomic E-state index is 0.132. The fourth-order valence-corrected chi connectivity index (χ4v) is 2.23. The van der Waals surface area contributed by atoms with Gasteiger partial charge in [-0.1, -0.05) is 12.1 Å². The molecule has 2 aromatic rings. The zero-order valence-electron chi connectivity index (χ0n) is 12.5. The van der Waals surface area contributed by atoms with E-state index in [1.807, 2.05) is 24.3 Å². The van der Waals surface area contributed by atoms with Gasteiger partial charge in [-0.15, -0.1) is 0 Å². The Hall–Kier alpha value is -2.47. The third-order valence-electron chi connectivity index (χ3n) is 3.56. The molecule has 6 nitrogen and oxygen atoms in total. The topological polar surface area (TPSA) is 83.7 Å². The van der Waals surface area contributed by atoms with Gasteiger partial charge in [-0.05, 0) is 36.6 Å². The van der Waals surface area contributed by atoms with E-state index in [-0.39, 0.29) is 12.3 Å². The summed E-state index contributed by atoms with van der Waals surface area (Å²) in [6, 6.07) is 9.58. The van der Waals surface area contributed by atoms with Crippen LogP contribution in [0.3, 0.4) is 0 Å². The molecule has 1 amide bonds. The SMILES string of the molecule is COc1ccc(CCn2ccc(CCC(=O)NO)c2O)cc1. The molecule has 0 spiro atoms. The number of hydroxylamine groups is 1. The molecule has 0 bridgehead atoms. The summed E-state index contributed by atoms with van der Waals surface area (Å²) in [5, 5.41) is 18.6. The lowest BCUT2D eigenvalue weighted by Gasteiger charge is -2.07. The average molecular weight is 304 g/mol. The molecule has 118 valence electrons. The van der Waals surface area contributed by atoms with Gasteiger partial charge in [0.2, 0.25) is 5.91 Å². The van der Waals surface area contributed by atoms with Gasteiger partial charge >= 0.3 is 0 Å². The van der Waals surface area contributed by atoms with Crippen LogP contribution in [0.25, 0.3) is 0 Å². The lowest BCUT2D eigenvalue weighted by molar-refractivity contribution is -0.129. The molecular weight excluding hydrogens is 284 g/mol. The van der Waals surface area contributed by atoms with E-state index < -0.39 is 5.91 Å². The van der Waals surface area contributed by atoms with Crippen molar-refractivity contribution in [2.75, 3.05) is 7.11 Å². The highest BCUT2D eigenvalue weighted by atomic mass is 16.5. The summed E-state index contributed by atoms with van der Waals surface area (Å²) in [5.74, 6) is 0.515. The van der Waals surface area contributed by atoms with Gasteiger partial charge in [0, 0.05) is 24.7 Å². The Labute approximate surface area is 128 Å². The Bertz CT molecular complexity index is 620. The van der Waals surface area contributed by atoms with Crippen LogP contribution in [0.2, 0.25) is 0 Å². The summed E-state index contributed by atoms with van der Waals surface area (Å²) < 4.78 is 6.86. The number of hydrogen-bond acceptors (Lipinski definition) is 4. The first kappa shape index (κ1) is 15.9. The van der Waals surface area contributed by atoms with Crippen LogP contribution in [0.5, 0.6) is 11.6 Å². The molecule has 22 heavy (non-hydrogen) atoms. The van der Waals surface area contributed by atoms with E-state index in [1.54, 1.807) is 29.4 Å². The van der Waals surface area contributed by atoms with Crippen molar-refractivity contribution >= 4 is 5.91 Å². The Morgan fingerprint density at radius 3 is 2.59 bits per heavy atom. The molecule has 1 aromatic carbocycles.